The number of halogens is 1. The summed E-state index contributed by atoms with van der Waals surface area (Å²) in [6.45, 7) is 7.32. The topological polar surface area (TPSA) is 47.4 Å². The van der Waals surface area contributed by atoms with E-state index >= 15 is 0 Å². The van der Waals surface area contributed by atoms with Gasteiger partial charge in [-0.3, -0.25) is 0 Å². The van der Waals surface area contributed by atoms with Gasteiger partial charge in [-0.05, 0) is 32.4 Å². The van der Waals surface area contributed by atoms with Crippen molar-refractivity contribution in [3.05, 3.63) is 17.2 Å². The molecule has 1 aliphatic heterocycles. The zero-order valence-corrected chi connectivity index (χ0v) is 11.0. The smallest absolute Gasteiger partial charge is 0.410 e. The summed E-state index contributed by atoms with van der Waals surface area (Å²) in [4.78, 5) is 17.6. The van der Waals surface area contributed by atoms with Crippen molar-refractivity contribution in [1.82, 2.24) is 14.5 Å². The summed E-state index contributed by atoms with van der Waals surface area (Å²) in [5, 5.41) is 0.476. The Hall–Kier alpha value is -1.23. The molecule has 1 aromatic heterocycles. The van der Waals surface area contributed by atoms with Crippen molar-refractivity contribution in [2.45, 2.75) is 39.5 Å². The fraction of sp³-hybridized carbons (Fsp3) is 0.636. The number of aromatic nitrogens is 2. The van der Waals surface area contributed by atoms with Gasteiger partial charge in [0.1, 0.15) is 5.60 Å². The fourth-order valence-electron chi connectivity index (χ4n) is 1.73. The van der Waals surface area contributed by atoms with Gasteiger partial charge in [-0.1, -0.05) is 0 Å². The Morgan fingerprint density at radius 3 is 2.82 bits per heavy atom. The number of rotatable bonds is 0. The van der Waals surface area contributed by atoms with Crippen molar-refractivity contribution in [3.8, 4) is 0 Å². The van der Waals surface area contributed by atoms with Gasteiger partial charge in [-0.15, -0.1) is 0 Å². The first-order valence-corrected chi connectivity index (χ1v) is 5.92. The van der Waals surface area contributed by atoms with Gasteiger partial charge in [0.15, 0.2) is 0 Å². The highest BCUT2D eigenvalue weighted by molar-refractivity contribution is 6.28. The maximum atomic E-state index is 11.9. The molecule has 0 bridgehead atoms. The molecule has 94 valence electrons. The molecule has 5 nitrogen and oxygen atoms in total. The average molecular weight is 258 g/mol. The zero-order valence-electron chi connectivity index (χ0n) is 10.2. The predicted molar refractivity (Wildman–Crippen MR) is 63.9 cm³/mol. The Bertz CT molecular complexity index is 436. The second-order valence-electron chi connectivity index (χ2n) is 5.07. The molecule has 2 heterocycles. The highest BCUT2D eigenvalue weighted by Crippen LogP contribution is 2.19. The van der Waals surface area contributed by atoms with Gasteiger partial charge < -0.3 is 14.2 Å². The SMILES string of the molecule is CC(C)(C)OC(=O)N1CCn2c(cnc2Cl)C1. The summed E-state index contributed by atoms with van der Waals surface area (Å²) in [5.74, 6) is 0. The Labute approximate surface area is 105 Å². The van der Waals surface area contributed by atoms with Crippen LogP contribution >= 0.6 is 11.6 Å². The molecule has 0 N–H and O–H groups in total. The number of carbonyl (C=O) groups is 1. The van der Waals surface area contributed by atoms with Crippen LogP contribution in [0.3, 0.4) is 0 Å². The third kappa shape index (κ3) is 2.72. The van der Waals surface area contributed by atoms with Crippen molar-refractivity contribution in [2.24, 2.45) is 0 Å². The van der Waals surface area contributed by atoms with Gasteiger partial charge >= 0.3 is 6.09 Å². The lowest BCUT2D eigenvalue weighted by Crippen LogP contribution is -2.41. The van der Waals surface area contributed by atoms with Crippen LogP contribution in [0.4, 0.5) is 4.79 Å². The number of fused-ring (bicyclic) bond motifs is 1. The van der Waals surface area contributed by atoms with Crippen LogP contribution in [0.15, 0.2) is 6.20 Å². The second-order valence-corrected chi connectivity index (χ2v) is 5.41. The summed E-state index contributed by atoms with van der Waals surface area (Å²) in [6.07, 6.45) is 1.40. The van der Waals surface area contributed by atoms with E-state index in [4.69, 9.17) is 16.3 Å². The normalized spacial score (nSPS) is 15.6. The van der Waals surface area contributed by atoms with E-state index in [0.717, 1.165) is 5.69 Å². The van der Waals surface area contributed by atoms with Gasteiger partial charge in [-0.25, -0.2) is 9.78 Å². The fourth-order valence-corrected chi connectivity index (χ4v) is 1.97. The molecule has 6 heteroatoms. The number of ether oxygens (including phenoxy) is 1. The van der Waals surface area contributed by atoms with E-state index in [1.54, 1.807) is 11.1 Å². The number of hydrogen-bond donors (Lipinski definition) is 0. The van der Waals surface area contributed by atoms with E-state index in [1.807, 2.05) is 25.3 Å². The largest absolute Gasteiger partial charge is 0.444 e. The summed E-state index contributed by atoms with van der Waals surface area (Å²) in [6, 6.07) is 0. The maximum Gasteiger partial charge on any atom is 0.410 e. The van der Waals surface area contributed by atoms with Crippen molar-refractivity contribution in [2.75, 3.05) is 6.54 Å². The molecule has 0 saturated carbocycles. The Balaban J connectivity index is 2.05. The molecule has 17 heavy (non-hydrogen) atoms. The molecule has 0 fully saturated rings. The number of imidazole rings is 1. The first-order chi connectivity index (χ1) is 7.87. The molecule has 0 atom stereocenters. The molecule has 0 aromatic carbocycles. The number of amides is 1. The van der Waals surface area contributed by atoms with Crippen LogP contribution in [-0.2, 0) is 17.8 Å². The minimum atomic E-state index is -0.466. The van der Waals surface area contributed by atoms with Crippen molar-refractivity contribution >= 4 is 17.7 Å². The minimum Gasteiger partial charge on any atom is -0.444 e. The van der Waals surface area contributed by atoms with E-state index in [-0.39, 0.29) is 6.09 Å². The lowest BCUT2D eigenvalue weighted by atomic mass is 10.2. The maximum absolute atomic E-state index is 11.9. The molecular formula is C11H16ClN3O2. The van der Waals surface area contributed by atoms with Crippen LogP contribution in [0.2, 0.25) is 5.28 Å². The first kappa shape index (κ1) is 12.2. The van der Waals surface area contributed by atoms with Gasteiger partial charge in [0.05, 0.1) is 18.4 Å². The van der Waals surface area contributed by atoms with Crippen LogP contribution < -0.4 is 0 Å². The van der Waals surface area contributed by atoms with E-state index in [0.29, 0.717) is 24.9 Å². The molecule has 1 amide bonds. The lowest BCUT2D eigenvalue weighted by molar-refractivity contribution is 0.0199. The van der Waals surface area contributed by atoms with Crippen molar-refractivity contribution in [1.29, 1.82) is 0 Å². The van der Waals surface area contributed by atoms with Crippen molar-refractivity contribution < 1.29 is 9.53 Å². The highest BCUT2D eigenvalue weighted by atomic mass is 35.5. The van der Waals surface area contributed by atoms with E-state index in [9.17, 15) is 4.79 Å². The second kappa shape index (κ2) is 4.22. The summed E-state index contributed by atoms with van der Waals surface area (Å²) in [5.41, 5.74) is 0.471. The van der Waals surface area contributed by atoms with E-state index in [2.05, 4.69) is 4.98 Å². The van der Waals surface area contributed by atoms with Crippen LogP contribution in [0.25, 0.3) is 0 Å². The molecule has 0 radical (unpaired) electrons. The highest BCUT2D eigenvalue weighted by Gasteiger charge is 2.26. The standard InChI is InChI=1S/C11H16ClN3O2/c1-11(2,3)17-10(16)14-4-5-15-8(7-14)6-13-9(15)12/h6H,4-5,7H2,1-3H3. The van der Waals surface area contributed by atoms with Crippen LogP contribution in [-0.4, -0.2) is 32.7 Å². The van der Waals surface area contributed by atoms with Crippen LogP contribution in [0, 0.1) is 0 Å². The molecule has 1 aliphatic rings. The van der Waals surface area contributed by atoms with Gasteiger partial charge in [-0.2, -0.15) is 0 Å². The first-order valence-electron chi connectivity index (χ1n) is 5.54. The number of nitrogens with zero attached hydrogens (tertiary/aromatic N) is 3. The molecule has 2 rings (SSSR count). The van der Waals surface area contributed by atoms with E-state index < -0.39 is 5.60 Å². The predicted octanol–water partition coefficient (Wildman–Crippen LogP) is 2.29. The Morgan fingerprint density at radius 1 is 1.47 bits per heavy atom. The molecule has 0 spiro atoms. The van der Waals surface area contributed by atoms with Gasteiger partial charge in [0.2, 0.25) is 5.28 Å². The third-order valence-corrected chi connectivity index (χ3v) is 2.79. The molecular weight excluding hydrogens is 242 g/mol. The Morgan fingerprint density at radius 2 is 2.18 bits per heavy atom. The molecule has 0 unspecified atom stereocenters. The zero-order chi connectivity index (χ0) is 12.6. The summed E-state index contributed by atoms with van der Waals surface area (Å²) >= 11 is 5.91. The summed E-state index contributed by atoms with van der Waals surface area (Å²) in [7, 11) is 0. The lowest BCUT2D eigenvalue weighted by Gasteiger charge is -2.30. The van der Waals surface area contributed by atoms with E-state index in [1.165, 1.54) is 0 Å². The van der Waals surface area contributed by atoms with Gasteiger partial charge in [0.25, 0.3) is 0 Å². The Kier molecular flexibility index (Phi) is 3.03. The summed E-state index contributed by atoms with van der Waals surface area (Å²) < 4.78 is 7.23. The van der Waals surface area contributed by atoms with Crippen molar-refractivity contribution in [3.63, 3.8) is 0 Å². The average Bonchev–Trinajstić information content (AvgIpc) is 2.57. The number of hydrogen-bond acceptors (Lipinski definition) is 3. The molecule has 0 saturated heterocycles. The monoisotopic (exact) mass is 257 g/mol. The van der Waals surface area contributed by atoms with Crippen LogP contribution in [0.1, 0.15) is 26.5 Å². The third-order valence-electron chi connectivity index (χ3n) is 2.49. The number of carbonyl (C=O) groups excluding carboxylic acids is 1. The quantitative estimate of drug-likeness (QED) is 0.716. The van der Waals surface area contributed by atoms with Gasteiger partial charge in [0, 0.05) is 13.1 Å². The minimum absolute atomic E-state index is 0.291. The molecule has 0 aliphatic carbocycles. The molecule has 1 aromatic rings. The van der Waals surface area contributed by atoms with Crippen LogP contribution in [0.5, 0.6) is 0 Å².